The molecule has 6 atom stereocenters. The van der Waals surface area contributed by atoms with Gasteiger partial charge in [-0.1, -0.05) is 0 Å². The molecule has 2 bridgehead atoms. The van der Waals surface area contributed by atoms with Gasteiger partial charge >= 0.3 is 0 Å². The molecular weight excluding hydrogens is 144 g/mol. The first-order chi connectivity index (χ1) is 5.45. The second-order valence-electron chi connectivity index (χ2n) is 3.99. The van der Waals surface area contributed by atoms with Crippen LogP contribution in [0.15, 0.2) is 0 Å². The molecule has 0 amide bonds. The van der Waals surface area contributed by atoms with E-state index in [1.165, 1.54) is 0 Å². The van der Waals surface area contributed by atoms with Gasteiger partial charge in [0.2, 0.25) is 0 Å². The molecular formula is C8H10O3. The highest BCUT2D eigenvalue weighted by Gasteiger charge is 2.67. The van der Waals surface area contributed by atoms with Gasteiger partial charge in [-0.3, -0.25) is 0 Å². The van der Waals surface area contributed by atoms with Crippen LogP contribution in [0.1, 0.15) is 0 Å². The van der Waals surface area contributed by atoms with Gasteiger partial charge in [-0.25, -0.2) is 0 Å². The quantitative estimate of drug-likeness (QED) is 0.483. The van der Waals surface area contributed by atoms with Crippen LogP contribution in [0, 0.1) is 11.8 Å². The van der Waals surface area contributed by atoms with Crippen LogP contribution in [0.2, 0.25) is 0 Å². The summed E-state index contributed by atoms with van der Waals surface area (Å²) in [5.74, 6) is 1.12. The Morgan fingerprint density at radius 3 is 1.82 bits per heavy atom. The molecule has 0 N–H and O–H groups in total. The van der Waals surface area contributed by atoms with Gasteiger partial charge in [-0.2, -0.15) is 0 Å². The lowest BCUT2D eigenvalue weighted by Crippen LogP contribution is -2.35. The van der Waals surface area contributed by atoms with Gasteiger partial charge < -0.3 is 14.2 Å². The molecule has 4 rings (SSSR count). The fourth-order valence-corrected chi connectivity index (χ4v) is 3.15. The summed E-state index contributed by atoms with van der Waals surface area (Å²) in [5, 5.41) is 0. The summed E-state index contributed by atoms with van der Waals surface area (Å²) in [7, 11) is 0. The fourth-order valence-electron chi connectivity index (χ4n) is 3.15. The monoisotopic (exact) mass is 154 g/mol. The third-order valence-corrected chi connectivity index (χ3v) is 3.61. The van der Waals surface area contributed by atoms with Crippen LogP contribution in [-0.4, -0.2) is 37.6 Å². The molecule has 3 heteroatoms. The Kier molecular flexibility index (Phi) is 0.746. The Hall–Kier alpha value is -0.120. The minimum atomic E-state index is 0.378. The third kappa shape index (κ3) is 0.428. The van der Waals surface area contributed by atoms with Crippen molar-refractivity contribution in [3.8, 4) is 0 Å². The molecule has 4 aliphatic rings. The lowest BCUT2D eigenvalue weighted by Gasteiger charge is -2.16. The van der Waals surface area contributed by atoms with Gasteiger partial charge in [0.1, 0.15) is 0 Å². The lowest BCUT2D eigenvalue weighted by molar-refractivity contribution is 0.00673. The first kappa shape index (κ1) is 5.51. The minimum absolute atomic E-state index is 0.378. The Bertz CT molecular complexity index is 162. The maximum Gasteiger partial charge on any atom is 0.0922 e. The Labute approximate surface area is 64.6 Å². The summed E-state index contributed by atoms with van der Waals surface area (Å²) in [4.78, 5) is 0. The molecule has 11 heavy (non-hydrogen) atoms. The summed E-state index contributed by atoms with van der Waals surface area (Å²) in [6.07, 6.45) is 1.53. The Morgan fingerprint density at radius 2 is 1.27 bits per heavy atom. The van der Waals surface area contributed by atoms with Gasteiger partial charge in [0.15, 0.2) is 0 Å². The van der Waals surface area contributed by atoms with Gasteiger partial charge in [-0.15, -0.1) is 0 Å². The molecule has 0 radical (unpaired) electrons. The molecule has 60 valence electrons. The number of rotatable bonds is 0. The summed E-state index contributed by atoms with van der Waals surface area (Å²) < 4.78 is 17.1. The zero-order valence-corrected chi connectivity index (χ0v) is 6.10. The van der Waals surface area contributed by atoms with E-state index in [1.807, 2.05) is 0 Å². The van der Waals surface area contributed by atoms with E-state index < -0.39 is 0 Å². The maximum atomic E-state index is 5.80. The van der Waals surface area contributed by atoms with Crippen LogP contribution in [0.4, 0.5) is 0 Å². The summed E-state index contributed by atoms with van der Waals surface area (Å²) in [6.45, 7) is 1.74. The fraction of sp³-hybridized carbons (Fsp3) is 1.00. The molecule has 0 aromatic carbocycles. The van der Waals surface area contributed by atoms with Crippen LogP contribution >= 0.6 is 0 Å². The normalized spacial score (nSPS) is 69.8. The van der Waals surface area contributed by atoms with E-state index >= 15 is 0 Å². The highest BCUT2D eigenvalue weighted by atomic mass is 16.6. The predicted octanol–water partition coefficient (Wildman–Crippen LogP) is -0.203. The SMILES string of the molecule is C1OC2C3COC4C1C2OC34. The number of fused-ring (bicyclic) bond motifs is 2. The molecule has 4 aliphatic heterocycles. The van der Waals surface area contributed by atoms with Crippen LogP contribution < -0.4 is 0 Å². The number of hydrogen-bond donors (Lipinski definition) is 0. The van der Waals surface area contributed by atoms with E-state index in [0.29, 0.717) is 36.3 Å². The van der Waals surface area contributed by atoms with Crippen LogP contribution in [0.25, 0.3) is 0 Å². The lowest BCUT2D eigenvalue weighted by atomic mass is 9.83. The topological polar surface area (TPSA) is 27.7 Å². The van der Waals surface area contributed by atoms with Crippen molar-refractivity contribution in [2.45, 2.75) is 24.4 Å². The summed E-state index contributed by atoms with van der Waals surface area (Å²) >= 11 is 0. The molecule has 0 saturated carbocycles. The van der Waals surface area contributed by atoms with Crippen molar-refractivity contribution in [3.05, 3.63) is 0 Å². The molecule has 4 saturated heterocycles. The Balaban J connectivity index is 1.92. The van der Waals surface area contributed by atoms with Gasteiger partial charge in [-0.05, 0) is 0 Å². The maximum absolute atomic E-state index is 5.80. The van der Waals surface area contributed by atoms with Crippen LogP contribution in [0.3, 0.4) is 0 Å². The average Bonchev–Trinajstić information content (AvgIpc) is 2.42. The second kappa shape index (κ2) is 1.49. The number of ether oxygens (including phenoxy) is 3. The molecule has 0 aromatic heterocycles. The zero-order valence-electron chi connectivity index (χ0n) is 6.10. The van der Waals surface area contributed by atoms with E-state index in [1.54, 1.807) is 0 Å². The molecule has 0 spiro atoms. The zero-order chi connectivity index (χ0) is 7.00. The van der Waals surface area contributed by atoms with Crippen molar-refractivity contribution in [2.75, 3.05) is 13.2 Å². The van der Waals surface area contributed by atoms with Crippen molar-refractivity contribution >= 4 is 0 Å². The van der Waals surface area contributed by atoms with Crippen molar-refractivity contribution in [3.63, 3.8) is 0 Å². The highest BCUT2D eigenvalue weighted by Crippen LogP contribution is 2.53. The van der Waals surface area contributed by atoms with Gasteiger partial charge in [0.05, 0.1) is 37.6 Å². The van der Waals surface area contributed by atoms with Crippen molar-refractivity contribution in [2.24, 2.45) is 11.8 Å². The predicted molar refractivity (Wildman–Crippen MR) is 35.1 cm³/mol. The van der Waals surface area contributed by atoms with E-state index in [2.05, 4.69) is 0 Å². The van der Waals surface area contributed by atoms with Crippen molar-refractivity contribution in [1.29, 1.82) is 0 Å². The first-order valence-electron chi connectivity index (χ1n) is 4.34. The van der Waals surface area contributed by atoms with Crippen LogP contribution in [0.5, 0.6) is 0 Å². The molecule has 3 nitrogen and oxygen atoms in total. The molecule has 4 heterocycles. The summed E-state index contributed by atoms with van der Waals surface area (Å²) in [6, 6.07) is 0. The largest absolute Gasteiger partial charge is 0.375 e. The standard InChI is InChI=1S/C8H10O3/c1-3-5-8-4(2-10-5)6(9-1)7(3)11-8/h3-8H,1-2H2. The van der Waals surface area contributed by atoms with E-state index in [-0.39, 0.29) is 0 Å². The molecule has 4 fully saturated rings. The van der Waals surface area contributed by atoms with Crippen molar-refractivity contribution in [1.82, 2.24) is 0 Å². The summed E-state index contributed by atoms with van der Waals surface area (Å²) in [5.41, 5.74) is 0. The van der Waals surface area contributed by atoms with Gasteiger partial charge in [0, 0.05) is 11.8 Å². The molecule has 0 aliphatic carbocycles. The van der Waals surface area contributed by atoms with Gasteiger partial charge in [0.25, 0.3) is 0 Å². The van der Waals surface area contributed by atoms with E-state index in [9.17, 15) is 0 Å². The smallest absolute Gasteiger partial charge is 0.0922 e. The molecule has 0 aromatic rings. The average molecular weight is 154 g/mol. The van der Waals surface area contributed by atoms with Crippen molar-refractivity contribution < 1.29 is 14.2 Å². The molecule has 6 unspecified atom stereocenters. The third-order valence-electron chi connectivity index (χ3n) is 3.61. The van der Waals surface area contributed by atoms with E-state index in [4.69, 9.17) is 14.2 Å². The second-order valence-corrected chi connectivity index (χ2v) is 3.99. The number of hydrogen-bond acceptors (Lipinski definition) is 3. The highest BCUT2D eigenvalue weighted by molar-refractivity contribution is 5.13. The first-order valence-corrected chi connectivity index (χ1v) is 4.34. The Morgan fingerprint density at radius 1 is 0.727 bits per heavy atom. The minimum Gasteiger partial charge on any atom is -0.375 e. The van der Waals surface area contributed by atoms with Crippen LogP contribution in [-0.2, 0) is 14.2 Å². The van der Waals surface area contributed by atoms with E-state index in [0.717, 1.165) is 13.2 Å².